The molecule has 0 saturated carbocycles. The predicted octanol–water partition coefficient (Wildman–Crippen LogP) is 2.13. The van der Waals surface area contributed by atoms with Crippen LogP contribution in [0.3, 0.4) is 0 Å². The summed E-state index contributed by atoms with van der Waals surface area (Å²) in [5, 5.41) is 3.47. The second kappa shape index (κ2) is 5.04. The largest absolute Gasteiger partial charge is 0.381 e. The van der Waals surface area contributed by atoms with E-state index >= 15 is 0 Å². The molecule has 3 rings (SSSR count). The number of sulfone groups is 1. The van der Waals surface area contributed by atoms with Gasteiger partial charge in [0.15, 0.2) is 9.84 Å². The molecule has 5 heteroatoms. The highest BCUT2D eigenvalue weighted by molar-refractivity contribution is 7.90. The summed E-state index contributed by atoms with van der Waals surface area (Å²) in [7, 11) is -0.968. The van der Waals surface area contributed by atoms with Crippen molar-refractivity contribution < 1.29 is 8.42 Å². The van der Waals surface area contributed by atoms with Crippen LogP contribution < -0.4 is 5.32 Å². The molecule has 0 spiro atoms. The van der Waals surface area contributed by atoms with Gasteiger partial charge in [-0.05, 0) is 44.9 Å². The minimum Gasteiger partial charge on any atom is -0.381 e. The molecule has 2 aliphatic heterocycles. The maximum absolute atomic E-state index is 11.8. The highest BCUT2D eigenvalue weighted by Crippen LogP contribution is 2.36. The van der Waals surface area contributed by atoms with E-state index in [-0.39, 0.29) is 0 Å². The van der Waals surface area contributed by atoms with Crippen molar-refractivity contribution in [1.82, 2.24) is 4.90 Å². The zero-order valence-electron chi connectivity index (χ0n) is 12.0. The van der Waals surface area contributed by atoms with Crippen LogP contribution >= 0.6 is 0 Å². The maximum atomic E-state index is 11.8. The number of anilines is 1. The van der Waals surface area contributed by atoms with Crippen molar-refractivity contribution in [3.8, 4) is 0 Å². The summed E-state index contributed by atoms with van der Waals surface area (Å²) in [5.41, 5.74) is 0.754. The van der Waals surface area contributed by atoms with Gasteiger partial charge in [0.05, 0.1) is 10.6 Å². The molecule has 2 aliphatic rings. The third-order valence-corrected chi connectivity index (χ3v) is 5.90. The molecular weight excluding hydrogens is 272 g/mol. The second-order valence-electron chi connectivity index (χ2n) is 6.13. The normalized spacial score (nSPS) is 30.4. The minimum atomic E-state index is -3.18. The van der Waals surface area contributed by atoms with E-state index in [1.165, 1.54) is 19.1 Å². The molecule has 4 nitrogen and oxygen atoms in total. The van der Waals surface area contributed by atoms with Crippen LogP contribution in [0.15, 0.2) is 29.2 Å². The van der Waals surface area contributed by atoms with Crippen LogP contribution in [0.1, 0.15) is 25.7 Å². The zero-order valence-corrected chi connectivity index (χ0v) is 12.9. The van der Waals surface area contributed by atoms with Crippen LogP contribution in [-0.2, 0) is 9.84 Å². The average molecular weight is 294 g/mol. The van der Waals surface area contributed by atoms with Gasteiger partial charge in [-0.3, -0.25) is 0 Å². The fourth-order valence-corrected chi connectivity index (χ4v) is 4.51. The van der Waals surface area contributed by atoms with E-state index in [1.54, 1.807) is 12.1 Å². The van der Waals surface area contributed by atoms with E-state index < -0.39 is 9.84 Å². The van der Waals surface area contributed by atoms with Gasteiger partial charge in [-0.15, -0.1) is 0 Å². The molecule has 110 valence electrons. The molecule has 1 N–H and O–H groups in total. The first-order valence-corrected chi connectivity index (χ1v) is 9.12. The number of piperidine rings is 1. The van der Waals surface area contributed by atoms with Gasteiger partial charge in [0.1, 0.15) is 0 Å². The molecule has 2 bridgehead atoms. The third-order valence-electron chi connectivity index (χ3n) is 4.74. The predicted molar refractivity (Wildman–Crippen MR) is 80.8 cm³/mol. The molecule has 1 aromatic rings. The lowest BCUT2D eigenvalue weighted by Crippen LogP contribution is -2.44. The van der Waals surface area contributed by atoms with Gasteiger partial charge in [-0.2, -0.15) is 0 Å². The molecule has 2 atom stereocenters. The molecule has 2 saturated heterocycles. The van der Waals surface area contributed by atoms with Crippen molar-refractivity contribution in [2.45, 2.75) is 48.7 Å². The quantitative estimate of drug-likeness (QED) is 0.928. The van der Waals surface area contributed by atoms with Crippen LogP contribution in [0.25, 0.3) is 0 Å². The SMILES string of the molecule is CN1C2CCC1CC(Nc1ccccc1S(C)(=O)=O)C2. The lowest BCUT2D eigenvalue weighted by atomic mass is 9.98. The van der Waals surface area contributed by atoms with Crippen molar-refractivity contribution in [3.05, 3.63) is 24.3 Å². The lowest BCUT2D eigenvalue weighted by Gasteiger charge is -2.37. The molecule has 2 unspecified atom stereocenters. The summed E-state index contributed by atoms with van der Waals surface area (Å²) < 4.78 is 23.7. The standard InChI is InChI=1S/C15H22N2O2S/c1-17-12-7-8-13(17)10-11(9-12)16-14-5-3-4-6-15(14)20(2,18)19/h3-6,11-13,16H,7-10H2,1-2H3. The first-order chi connectivity index (χ1) is 9.45. The van der Waals surface area contributed by atoms with Gasteiger partial charge in [0.2, 0.25) is 0 Å². The molecular formula is C15H22N2O2S. The fourth-order valence-electron chi connectivity index (χ4n) is 3.66. The minimum absolute atomic E-state index is 0.381. The van der Waals surface area contributed by atoms with Crippen LogP contribution in [0.2, 0.25) is 0 Å². The first-order valence-electron chi connectivity index (χ1n) is 7.22. The summed E-state index contributed by atoms with van der Waals surface area (Å²) in [4.78, 5) is 2.90. The van der Waals surface area contributed by atoms with E-state index in [4.69, 9.17) is 0 Å². The van der Waals surface area contributed by atoms with Gasteiger partial charge in [0.25, 0.3) is 0 Å². The van der Waals surface area contributed by atoms with Crippen molar-refractivity contribution in [2.24, 2.45) is 0 Å². The van der Waals surface area contributed by atoms with Crippen molar-refractivity contribution >= 4 is 15.5 Å². The van der Waals surface area contributed by atoms with Crippen LogP contribution in [0.4, 0.5) is 5.69 Å². The van der Waals surface area contributed by atoms with E-state index in [1.807, 2.05) is 12.1 Å². The summed E-state index contributed by atoms with van der Waals surface area (Å²) in [6.45, 7) is 0. The zero-order chi connectivity index (χ0) is 14.3. The Balaban J connectivity index is 1.80. The van der Waals surface area contributed by atoms with Gasteiger partial charge in [-0.25, -0.2) is 8.42 Å². The maximum Gasteiger partial charge on any atom is 0.177 e. The van der Waals surface area contributed by atoms with Crippen molar-refractivity contribution in [3.63, 3.8) is 0 Å². The number of para-hydroxylation sites is 1. The number of rotatable bonds is 3. The van der Waals surface area contributed by atoms with Crippen LogP contribution in [0.5, 0.6) is 0 Å². The Morgan fingerprint density at radius 2 is 1.75 bits per heavy atom. The van der Waals surface area contributed by atoms with E-state index in [2.05, 4.69) is 17.3 Å². The number of nitrogens with zero attached hydrogens (tertiary/aromatic N) is 1. The highest BCUT2D eigenvalue weighted by atomic mass is 32.2. The van der Waals surface area contributed by atoms with Gasteiger partial charge in [0, 0.05) is 24.4 Å². The Bertz CT molecular complexity index is 586. The number of nitrogens with one attached hydrogen (secondary N) is 1. The van der Waals surface area contributed by atoms with Crippen LogP contribution in [-0.4, -0.2) is 44.7 Å². The molecule has 0 aromatic heterocycles. The molecule has 2 fully saturated rings. The monoisotopic (exact) mass is 294 g/mol. The first kappa shape index (κ1) is 13.9. The van der Waals surface area contributed by atoms with E-state index in [0.29, 0.717) is 23.0 Å². The third kappa shape index (κ3) is 2.56. The van der Waals surface area contributed by atoms with Gasteiger partial charge >= 0.3 is 0 Å². The summed E-state index contributed by atoms with van der Waals surface area (Å²) in [5.74, 6) is 0. The number of hydrogen-bond acceptors (Lipinski definition) is 4. The number of hydrogen-bond donors (Lipinski definition) is 1. The molecule has 20 heavy (non-hydrogen) atoms. The Morgan fingerprint density at radius 1 is 1.15 bits per heavy atom. The molecule has 0 radical (unpaired) electrons. The van der Waals surface area contributed by atoms with Crippen molar-refractivity contribution in [2.75, 3.05) is 18.6 Å². The van der Waals surface area contributed by atoms with Gasteiger partial charge < -0.3 is 10.2 Å². The molecule has 2 heterocycles. The lowest BCUT2D eigenvalue weighted by molar-refractivity contribution is 0.169. The Labute approximate surface area is 121 Å². The van der Waals surface area contributed by atoms with Gasteiger partial charge in [-0.1, -0.05) is 12.1 Å². The summed E-state index contributed by atoms with van der Waals surface area (Å²) in [6.07, 6.45) is 6.02. The Hall–Kier alpha value is -1.07. The van der Waals surface area contributed by atoms with Crippen molar-refractivity contribution in [1.29, 1.82) is 0 Å². The number of fused-ring (bicyclic) bond motifs is 2. The fraction of sp³-hybridized carbons (Fsp3) is 0.600. The van der Waals surface area contributed by atoms with Crippen LogP contribution in [0, 0.1) is 0 Å². The smallest absolute Gasteiger partial charge is 0.177 e. The molecule has 0 amide bonds. The average Bonchev–Trinajstić information content (AvgIpc) is 2.62. The highest BCUT2D eigenvalue weighted by Gasteiger charge is 2.38. The topological polar surface area (TPSA) is 49.4 Å². The second-order valence-corrected chi connectivity index (χ2v) is 8.12. The van der Waals surface area contributed by atoms with E-state index in [9.17, 15) is 8.42 Å². The Morgan fingerprint density at radius 3 is 2.35 bits per heavy atom. The Kier molecular flexibility index (Phi) is 3.50. The molecule has 0 aliphatic carbocycles. The summed E-state index contributed by atoms with van der Waals surface area (Å²) >= 11 is 0. The summed E-state index contributed by atoms with van der Waals surface area (Å²) in [6, 6.07) is 8.90. The van der Waals surface area contributed by atoms with E-state index in [0.717, 1.165) is 18.5 Å². The number of benzene rings is 1. The molecule has 1 aromatic carbocycles.